The van der Waals surface area contributed by atoms with E-state index in [4.69, 9.17) is 11.6 Å². The van der Waals surface area contributed by atoms with Crippen LogP contribution in [0, 0.1) is 0 Å². The van der Waals surface area contributed by atoms with Crippen LogP contribution in [0.5, 0.6) is 0 Å². The number of hydrogen-bond donors (Lipinski definition) is 1. The average molecular weight is 349 g/mol. The lowest BCUT2D eigenvalue weighted by atomic mass is 10.1. The first kappa shape index (κ1) is 18.5. The Labute approximate surface area is 148 Å². The fourth-order valence-electron chi connectivity index (χ4n) is 2.44. The summed E-state index contributed by atoms with van der Waals surface area (Å²) in [7, 11) is 4.03. The van der Waals surface area contributed by atoms with Crippen LogP contribution in [0.3, 0.4) is 0 Å². The first-order valence-electron chi connectivity index (χ1n) is 8.19. The summed E-state index contributed by atoms with van der Waals surface area (Å²) < 4.78 is 0. The molecule has 24 heavy (non-hydrogen) atoms. The van der Waals surface area contributed by atoms with Gasteiger partial charge in [-0.1, -0.05) is 23.7 Å². The maximum absolute atomic E-state index is 12.6. The van der Waals surface area contributed by atoms with Gasteiger partial charge in [0.1, 0.15) is 0 Å². The fourth-order valence-corrected chi connectivity index (χ4v) is 2.57. The zero-order valence-electron chi connectivity index (χ0n) is 14.3. The van der Waals surface area contributed by atoms with Crippen molar-refractivity contribution in [2.75, 3.05) is 27.2 Å². The Morgan fingerprint density at radius 2 is 1.96 bits per heavy atom. The fraction of sp³-hybridized carbons (Fsp3) is 0.444. The van der Waals surface area contributed by atoms with Crippen LogP contribution in [0.1, 0.15) is 24.1 Å². The van der Waals surface area contributed by atoms with Crippen molar-refractivity contribution in [3.8, 4) is 0 Å². The van der Waals surface area contributed by atoms with Gasteiger partial charge in [-0.25, -0.2) is 4.98 Å². The normalized spacial score (nSPS) is 11.0. The van der Waals surface area contributed by atoms with Gasteiger partial charge in [-0.15, -0.1) is 0 Å². The van der Waals surface area contributed by atoms with Crippen molar-refractivity contribution in [1.82, 2.24) is 19.8 Å². The Kier molecular flexibility index (Phi) is 7.28. The number of carbonyl (C=O) groups is 1. The molecule has 6 heteroatoms. The van der Waals surface area contributed by atoms with E-state index in [1.807, 2.05) is 43.3 Å². The quantitative estimate of drug-likeness (QED) is 0.758. The molecule has 0 saturated carbocycles. The zero-order chi connectivity index (χ0) is 17.4. The number of hydrogen-bond acceptors (Lipinski definition) is 3. The largest absolute Gasteiger partial charge is 0.347 e. The van der Waals surface area contributed by atoms with E-state index in [0.29, 0.717) is 19.5 Å². The number of benzene rings is 1. The molecular formula is C18H25ClN4O. The van der Waals surface area contributed by atoms with Crippen molar-refractivity contribution < 1.29 is 4.79 Å². The monoisotopic (exact) mass is 348 g/mol. The highest BCUT2D eigenvalue weighted by atomic mass is 35.5. The predicted octanol–water partition coefficient (Wildman–Crippen LogP) is 2.98. The molecule has 1 N–H and O–H groups in total. The second-order valence-electron chi connectivity index (χ2n) is 6.18. The van der Waals surface area contributed by atoms with Gasteiger partial charge in [-0.3, -0.25) is 4.79 Å². The third-order valence-corrected chi connectivity index (χ3v) is 4.11. The van der Waals surface area contributed by atoms with Crippen molar-refractivity contribution in [3.05, 3.63) is 53.1 Å². The number of carbonyl (C=O) groups excluding carboxylic acids is 1. The predicted molar refractivity (Wildman–Crippen MR) is 96.9 cm³/mol. The minimum Gasteiger partial charge on any atom is -0.347 e. The number of aromatic nitrogens is 2. The van der Waals surface area contributed by atoms with Gasteiger partial charge < -0.3 is 14.8 Å². The number of imidazole rings is 1. The van der Waals surface area contributed by atoms with Crippen LogP contribution in [0.15, 0.2) is 36.8 Å². The minimum atomic E-state index is 0.181. The van der Waals surface area contributed by atoms with Crippen LogP contribution >= 0.6 is 11.6 Å². The molecule has 2 aromatic rings. The van der Waals surface area contributed by atoms with E-state index in [2.05, 4.69) is 14.9 Å². The van der Waals surface area contributed by atoms with Crippen LogP contribution in [0.4, 0.5) is 0 Å². The van der Waals surface area contributed by atoms with Crippen LogP contribution in [0.2, 0.25) is 5.02 Å². The topological polar surface area (TPSA) is 52.2 Å². The van der Waals surface area contributed by atoms with Crippen molar-refractivity contribution >= 4 is 17.5 Å². The number of rotatable bonds is 9. The van der Waals surface area contributed by atoms with E-state index in [1.54, 1.807) is 12.5 Å². The summed E-state index contributed by atoms with van der Waals surface area (Å²) in [6.45, 7) is 2.14. The second-order valence-corrected chi connectivity index (χ2v) is 6.61. The average Bonchev–Trinajstić information content (AvgIpc) is 3.06. The lowest BCUT2D eigenvalue weighted by molar-refractivity contribution is -0.132. The van der Waals surface area contributed by atoms with Crippen molar-refractivity contribution in [3.63, 3.8) is 0 Å². The van der Waals surface area contributed by atoms with Gasteiger partial charge >= 0.3 is 0 Å². The molecule has 0 aliphatic heterocycles. The second kappa shape index (κ2) is 9.45. The number of nitrogens with one attached hydrogen (secondary N) is 1. The first-order valence-corrected chi connectivity index (χ1v) is 8.56. The van der Waals surface area contributed by atoms with Gasteiger partial charge in [0.2, 0.25) is 5.91 Å². The minimum absolute atomic E-state index is 0.181. The Morgan fingerprint density at radius 3 is 2.58 bits per heavy atom. The zero-order valence-corrected chi connectivity index (χ0v) is 15.1. The molecule has 0 aliphatic carbocycles. The smallest absolute Gasteiger partial charge is 0.222 e. The van der Waals surface area contributed by atoms with Crippen LogP contribution < -0.4 is 0 Å². The van der Waals surface area contributed by atoms with Crippen LogP contribution in [-0.4, -0.2) is 52.9 Å². The Morgan fingerprint density at radius 1 is 1.21 bits per heavy atom. The van der Waals surface area contributed by atoms with Gasteiger partial charge in [-0.05, 0) is 44.6 Å². The maximum atomic E-state index is 12.6. The Hall–Kier alpha value is -1.85. The van der Waals surface area contributed by atoms with Crippen LogP contribution in [-0.2, 0) is 17.8 Å². The number of halogens is 1. The van der Waals surface area contributed by atoms with Crippen molar-refractivity contribution in [2.24, 2.45) is 0 Å². The van der Waals surface area contributed by atoms with E-state index >= 15 is 0 Å². The number of H-pyrrole nitrogens is 1. The van der Waals surface area contributed by atoms with E-state index in [9.17, 15) is 4.79 Å². The molecular weight excluding hydrogens is 324 g/mol. The van der Waals surface area contributed by atoms with Crippen molar-refractivity contribution in [1.29, 1.82) is 0 Å². The Balaban J connectivity index is 1.85. The summed E-state index contributed by atoms with van der Waals surface area (Å²) >= 11 is 5.89. The number of aryl methyl sites for hydroxylation is 1. The first-order chi connectivity index (χ1) is 11.5. The summed E-state index contributed by atoms with van der Waals surface area (Å²) in [6.07, 6.45) is 5.68. The highest BCUT2D eigenvalue weighted by Crippen LogP contribution is 2.12. The molecule has 0 unspecified atom stereocenters. The Bertz CT molecular complexity index is 610. The standard InChI is InChI=1S/C18H25ClN4O/c1-22(2)10-11-23(13-17-12-20-14-21-17)18(24)5-3-4-15-6-8-16(19)9-7-15/h6-9,12,14H,3-5,10-11,13H2,1-2H3,(H,20,21). The molecule has 0 aliphatic rings. The van der Waals surface area contributed by atoms with Gasteiger partial charge in [0.15, 0.2) is 0 Å². The highest BCUT2D eigenvalue weighted by molar-refractivity contribution is 6.30. The number of likely N-dealkylation sites (N-methyl/N-ethyl adjacent to an activating group) is 1. The SMILES string of the molecule is CN(C)CCN(Cc1cnc[nH]1)C(=O)CCCc1ccc(Cl)cc1. The molecule has 0 spiro atoms. The molecule has 0 radical (unpaired) electrons. The van der Waals surface area contributed by atoms with Crippen LogP contribution in [0.25, 0.3) is 0 Å². The molecule has 1 amide bonds. The van der Waals surface area contributed by atoms with E-state index < -0.39 is 0 Å². The molecule has 0 saturated heterocycles. The number of nitrogens with zero attached hydrogens (tertiary/aromatic N) is 3. The summed E-state index contributed by atoms with van der Waals surface area (Å²) in [5.41, 5.74) is 2.17. The highest BCUT2D eigenvalue weighted by Gasteiger charge is 2.14. The molecule has 5 nitrogen and oxygen atoms in total. The lowest BCUT2D eigenvalue weighted by Gasteiger charge is -2.24. The van der Waals surface area contributed by atoms with E-state index in [-0.39, 0.29) is 5.91 Å². The third kappa shape index (κ3) is 6.34. The molecule has 130 valence electrons. The van der Waals surface area contributed by atoms with Gasteiger partial charge in [0.05, 0.1) is 18.6 Å². The summed E-state index contributed by atoms with van der Waals surface area (Å²) in [5.74, 6) is 0.181. The summed E-state index contributed by atoms with van der Waals surface area (Å²) in [6, 6.07) is 7.81. The summed E-state index contributed by atoms with van der Waals surface area (Å²) in [4.78, 5) is 23.7. The van der Waals surface area contributed by atoms with E-state index in [1.165, 1.54) is 5.56 Å². The van der Waals surface area contributed by atoms with E-state index in [0.717, 1.165) is 30.1 Å². The molecule has 0 fully saturated rings. The van der Waals surface area contributed by atoms with Gasteiger partial charge in [0.25, 0.3) is 0 Å². The van der Waals surface area contributed by atoms with Crippen molar-refractivity contribution in [2.45, 2.75) is 25.8 Å². The summed E-state index contributed by atoms with van der Waals surface area (Å²) in [5, 5.41) is 0.740. The molecule has 0 bridgehead atoms. The van der Waals surface area contributed by atoms with Gasteiger partial charge in [-0.2, -0.15) is 0 Å². The molecule has 1 aromatic carbocycles. The molecule has 1 aromatic heterocycles. The molecule has 1 heterocycles. The molecule has 0 atom stereocenters. The third-order valence-electron chi connectivity index (χ3n) is 3.86. The lowest BCUT2D eigenvalue weighted by Crippen LogP contribution is -2.36. The molecule has 2 rings (SSSR count). The van der Waals surface area contributed by atoms with Gasteiger partial charge in [0, 0.05) is 30.7 Å². The number of amides is 1. The maximum Gasteiger partial charge on any atom is 0.222 e. The number of aromatic amines is 1.